The van der Waals surface area contributed by atoms with Crippen molar-refractivity contribution in [2.45, 2.75) is 31.4 Å². The predicted octanol–water partition coefficient (Wildman–Crippen LogP) is 3.06. The van der Waals surface area contributed by atoms with E-state index in [4.69, 9.17) is 4.74 Å². The minimum Gasteiger partial charge on any atom is -0.480 e. The summed E-state index contributed by atoms with van der Waals surface area (Å²) in [6.07, 6.45) is 0. The maximum atomic E-state index is 11.8. The zero-order valence-corrected chi connectivity index (χ0v) is 15.8. The first-order valence-corrected chi connectivity index (χ1v) is 9.44. The van der Waals surface area contributed by atoms with Gasteiger partial charge in [0.15, 0.2) is 0 Å². The average molecular weight is 374 g/mol. The molecule has 0 aliphatic carbocycles. The largest absolute Gasteiger partial charge is 0.480 e. The molecule has 3 rings (SSSR count). The molecule has 26 heavy (non-hydrogen) atoms. The smallest absolute Gasteiger partial charge is 0.338 e. The molecule has 1 fully saturated rings. The molecule has 2 aromatic rings. The number of carbonyl (C=O) groups excluding carboxylic acids is 1. The number of hydrogen-bond acceptors (Lipinski definition) is 5. The standard InChI is InChI=1S/C19H22N2O4S/c1-4-25-19(24)13-5-7-14(8-6-13)21-11(2)9-15(12(21)3)17-20-10-16(26-17)18(22)23/h5-9,16-17,20H,4,10H2,1-3H3,(H,22,23)/t16-,17+/m0/s1. The van der Waals surface area contributed by atoms with E-state index in [1.165, 1.54) is 11.8 Å². The second-order valence-electron chi connectivity index (χ2n) is 6.18. The molecule has 7 heteroatoms. The minimum atomic E-state index is -0.784. The van der Waals surface area contributed by atoms with E-state index < -0.39 is 11.2 Å². The van der Waals surface area contributed by atoms with E-state index in [9.17, 15) is 14.7 Å². The first kappa shape index (κ1) is 18.5. The molecule has 1 aliphatic heterocycles. The topological polar surface area (TPSA) is 80.6 Å². The van der Waals surface area contributed by atoms with Crippen LogP contribution in [-0.4, -0.2) is 40.0 Å². The van der Waals surface area contributed by atoms with Gasteiger partial charge < -0.3 is 14.4 Å². The number of esters is 1. The molecule has 0 bridgehead atoms. The Balaban J connectivity index is 1.87. The molecule has 0 amide bonds. The van der Waals surface area contributed by atoms with Gasteiger partial charge in [-0.3, -0.25) is 10.1 Å². The number of aliphatic carboxylic acids is 1. The third-order valence-corrected chi connectivity index (χ3v) is 5.84. The lowest BCUT2D eigenvalue weighted by Crippen LogP contribution is -2.21. The average Bonchev–Trinajstić information content (AvgIpc) is 3.20. The highest BCUT2D eigenvalue weighted by atomic mass is 32.2. The highest BCUT2D eigenvalue weighted by Gasteiger charge is 2.32. The third-order valence-electron chi connectivity index (χ3n) is 4.45. The number of thioether (sulfide) groups is 1. The molecule has 2 N–H and O–H groups in total. The first-order chi connectivity index (χ1) is 12.4. The molecule has 0 unspecified atom stereocenters. The second kappa shape index (κ2) is 7.55. The lowest BCUT2D eigenvalue weighted by Gasteiger charge is -2.13. The van der Waals surface area contributed by atoms with Crippen molar-refractivity contribution >= 4 is 23.7 Å². The summed E-state index contributed by atoms with van der Waals surface area (Å²) in [7, 11) is 0. The van der Waals surface area contributed by atoms with E-state index >= 15 is 0 Å². The monoisotopic (exact) mass is 374 g/mol. The number of rotatable bonds is 5. The number of ether oxygens (including phenoxy) is 1. The summed E-state index contributed by atoms with van der Waals surface area (Å²) in [6.45, 7) is 6.64. The molecule has 6 nitrogen and oxygen atoms in total. The van der Waals surface area contributed by atoms with Crippen LogP contribution < -0.4 is 5.32 Å². The van der Waals surface area contributed by atoms with Crippen LogP contribution in [0.2, 0.25) is 0 Å². The van der Waals surface area contributed by atoms with Crippen LogP contribution in [0.1, 0.15) is 39.6 Å². The van der Waals surface area contributed by atoms with Gasteiger partial charge in [0.2, 0.25) is 0 Å². The Morgan fingerprint density at radius 3 is 2.58 bits per heavy atom. The van der Waals surface area contributed by atoms with Crippen LogP contribution in [-0.2, 0) is 9.53 Å². The first-order valence-electron chi connectivity index (χ1n) is 8.50. The maximum Gasteiger partial charge on any atom is 0.338 e. The SMILES string of the molecule is CCOC(=O)c1ccc(-n2c(C)cc([C@@H]3NC[C@@H](C(=O)O)S3)c2C)cc1. The summed E-state index contributed by atoms with van der Waals surface area (Å²) < 4.78 is 7.13. The Bertz CT molecular complexity index is 829. The Hall–Kier alpha value is -2.25. The molecular weight excluding hydrogens is 352 g/mol. The molecule has 1 aromatic carbocycles. The lowest BCUT2D eigenvalue weighted by atomic mass is 10.2. The zero-order chi connectivity index (χ0) is 18.8. The summed E-state index contributed by atoms with van der Waals surface area (Å²) in [6, 6.07) is 9.39. The predicted molar refractivity (Wildman–Crippen MR) is 101 cm³/mol. The number of nitrogens with zero attached hydrogens (tertiary/aromatic N) is 1. The molecule has 0 saturated carbocycles. The van der Waals surface area contributed by atoms with Crippen LogP contribution in [0, 0.1) is 13.8 Å². The normalized spacial score (nSPS) is 19.5. The van der Waals surface area contributed by atoms with Crippen molar-refractivity contribution in [3.8, 4) is 5.69 Å². The van der Waals surface area contributed by atoms with Crippen LogP contribution in [0.4, 0.5) is 0 Å². The number of carboxylic acids is 1. The van der Waals surface area contributed by atoms with Crippen molar-refractivity contribution in [3.05, 3.63) is 52.8 Å². The molecule has 2 atom stereocenters. The van der Waals surface area contributed by atoms with Gasteiger partial charge in [-0.25, -0.2) is 4.79 Å². The fourth-order valence-electron chi connectivity index (χ4n) is 3.21. The molecule has 2 heterocycles. The number of aryl methyl sites for hydroxylation is 1. The quantitative estimate of drug-likeness (QED) is 0.783. The van der Waals surface area contributed by atoms with E-state index in [2.05, 4.69) is 16.0 Å². The summed E-state index contributed by atoms with van der Waals surface area (Å²) in [5.41, 5.74) is 4.68. The summed E-state index contributed by atoms with van der Waals surface area (Å²) in [4.78, 5) is 23.0. The van der Waals surface area contributed by atoms with E-state index in [1.807, 2.05) is 26.0 Å². The van der Waals surface area contributed by atoms with Gasteiger partial charge >= 0.3 is 11.9 Å². The van der Waals surface area contributed by atoms with Crippen LogP contribution >= 0.6 is 11.8 Å². The Labute approximate surface area is 156 Å². The van der Waals surface area contributed by atoms with Crippen molar-refractivity contribution in [1.29, 1.82) is 0 Å². The highest BCUT2D eigenvalue weighted by molar-refractivity contribution is 8.01. The van der Waals surface area contributed by atoms with Gasteiger partial charge in [-0.15, -0.1) is 11.8 Å². The summed E-state index contributed by atoms with van der Waals surface area (Å²) in [5, 5.41) is 12.0. The number of nitrogens with one attached hydrogen (secondary N) is 1. The Morgan fingerprint density at radius 2 is 2.00 bits per heavy atom. The molecule has 138 valence electrons. The number of aromatic nitrogens is 1. The van der Waals surface area contributed by atoms with Gasteiger partial charge in [0.25, 0.3) is 0 Å². The molecular formula is C19H22N2O4S. The van der Waals surface area contributed by atoms with E-state index in [0.717, 1.165) is 22.6 Å². The van der Waals surface area contributed by atoms with Crippen molar-refractivity contribution in [2.75, 3.05) is 13.2 Å². The minimum absolute atomic E-state index is 0.0325. The van der Waals surface area contributed by atoms with Crippen molar-refractivity contribution in [1.82, 2.24) is 9.88 Å². The zero-order valence-electron chi connectivity index (χ0n) is 15.0. The van der Waals surface area contributed by atoms with E-state index in [1.54, 1.807) is 19.1 Å². The van der Waals surface area contributed by atoms with Crippen LogP contribution in [0.3, 0.4) is 0 Å². The molecule has 0 spiro atoms. The fraction of sp³-hybridized carbons (Fsp3) is 0.368. The second-order valence-corrected chi connectivity index (χ2v) is 7.49. The summed E-state index contributed by atoms with van der Waals surface area (Å²) >= 11 is 1.43. The van der Waals surface area contributed by atoms with Crippen LogP contribution in [0.15, 0.2) is 30.3 Å². The van der Waals surface area contributed by atoms with E-state index in [0.29, 0.717) is 18.7 Å². The van der Waals surface area contributed by atoms with Crippen molar-refractivity contribution in [2.24, 2.45) is 0 Å². The number of carboxylic acid groups (broad SMARTS) is 1. The number of benzene rings is 1. The van der Waals surface area contributed by atoms with Gasteiger partial charge in [0, 0.05) is 29.2 Å². The van der Waals surface area contributed by atoms with Crippen LogP contribution in [0.5, 0.6) is 0 Å². The van der Waals surface area contributed by atoms with Gasteiger partial charge in [-0.2, -0.15) is 0 Å². The van der Waals surface area contributed by atoms with Gasteiger partial charge in [-0.1, -0.05) is 0 Å². The highest BCUT2D eigenvalue weighted by Crippen LogP contribution is 2.38. The third kappa shape index (κ3) is 3.50. The molecule has 1 saturated heterocycles. The molecule has 1 aromatic heterocycles. The van der Waals surface area contributed by atoms with Gasteiger partial charge in [-0.05, 0) is 51.1 Å². The Kier molecular flexibility index (Phi) is 5.38. The fourth-order valence-corrected chi connectivity index (χ4v) is 4.43. The maximum absolute atomic E-state index is 11.8. The van der Waals surface area contributed by atoms with E-state index in [-0.39, 0.29) is 11.3 Å². The molecule has 0 radical (unpaired) electrons. The Morgan fingerprint density at radius 1 is 1.31 bits per heavy atom. The number of hydrogen-bond donors (Lipinski definition) is 2. The lowest BCUT2D eigenvalue weighted by molar-refractivity contribution is -0.136. The van der Waals surface area contributed by atoms with Gasteiger partial charge in [0.05, 0.1) is 17.5 Å². The van der Waals surface area contributed by atoms with Crippen molar-refractivity contribution < 1.29 is 19.4 Å². The van der Waals surface area contributed by atoms with Gasteiger partial charge in [0.1, 0.15) is 5.25 Å². The number of carbonyl (C=O) groups is 2. The molecule has 1 aliphatic rings. The summed E-state index contributed by atoms with van der Waals surface area (Å²) in [5.74, 6) is -1.11. The van der Waals surface area contributed by atoms with Crippen molar-refractivity contribution in [3.63, 3.8) is 0 Å². The van der Waals surface area contributed by atoms with Crippen LogP contribution in [0.25, 0.3) is 5.69 Å².